The summed E-state index contributed by atoms with van der Waals surface area (Å²) in [4.78, 5) is 28.6. The molecule has 1 atom stereocenters. The highest BCUT2D eigenvalue weighted by Gasteiger charge is 2.25. The number of aryl methyl sites for hydroxylation is 1. The quantitative estimate of drug-likeness (QED) is 0.566. The van der Waals surface area contributed by atoms with Crippen LogP contribution in [0.5, 0.6) is 0 Å². The van der Waals surface area contributed by atoms with E-state index in [2.05, 4.69) is 16.4 Å². The van der Waals surface area contributed by atoms with Gasteiger partial charge >= 0.3 is 11.7 Å². The molecule has 0 radical (unpaired) electrons. The lowest BCUT2D eigenvalue weighted by molar-refractivity contribution is 0.0535. The maximum atomic E-state index is 12.7. The molecule has 0 saturated heterocycles. The van der Waals surface area contributed by atoms with Crippen LogP contribution < -0.4 is 11.0 Å². The number of nitrogens with one attached hydrogen (secondary N) is 1. The molecule has 0 spiro atoms. The molecular formula is C23H23N5O4. The molecule has 9 heteroatoms. The standard InChI is InChI=1S/C23H23N5O4/c1-13-6-21(26-8-15(13)7-24)28-11-16(27(3)23(28)31)9-25-10-20(29)17-4-5-18-19(14(17)2)12-32-22(18)30/h4-6,8,11,20,25,29H,9-10,12H2,1-3H3. The molecule has 0 amide bonds. The summed E-state index contributed by atoms with van der Waals surface area (Å²) in [5.41, 5.74) is 4.63. The van der Waals surface area contributed by atoms with E-state index in [-0.39, 0.29) is 24.8 Å². The molecule has 3 aromatic rings. The van der Waals surface area contributed by atoms with Gasteiger partial charge in [0.05, 0.1) is 22.9 Å². The van der Waals surface area contributed by atoms with Crippen molar-refractivity contribution in [3.63, 3.8) is 0 Å². The van der Waals surface area contributed by atoms with Gasteiger partial charge in [0.2, 0.25) is 0 Å². The number of cyclic esters (lactones) is 1. The van der Waals surface area contributed by atoms with E-state index in [9.17, 15) is 14.7 Å². The molecule has 0 saturated carbocycles. The number of aliphatic hydroxyl groups excluding tert-OH is 1. The summed E-state index contributed by atoms with van der Waals surface area (Å²) in [7, 11) is 1.67. The SMILES string of the molecule is Cc1cc(-n2cc(CNCC(O)c3ccc4c(c3C)COC4=O)n(C)c2=O)ncc1C#N. The van der Waals surface area contributed by atoms with Crippen molar-refractivity contribution in [3.8, 4) is 11.9 Å². The minimum absolute atomic E-state index is 0.229. The lowest BCUT2D eigenvalue weighted by atomic mass is 9.95. The molecule has 0 fully saturated rings. The second-order valence-corrected chi connectivity index (χ2v) is 7.83. The Hall–Kier alpha value is -3.74. The van der Waals surface area contributed by atoms with E-state index in [0.717, 1.165) is 27.9 Å². The Morgan fingerprint density at radius 2 is 2.12 bits per heavy atom. The van der Waals surface area contributed by atoms with Gasteiger partial charge in [-0.05, 0) is 42.7 Å². The van der Waals surface area contributed by atoms with Crippen LogP contribution in [-0.4, -0.2) is 31.7 Å². The van der Waals surface area contributed by atoms with Gasteiger partial charge in [-0.2, -0.15) is 5.26 Å². The first-order valence-electron chi connectivity index (χ1n) is 10.1. The summed E-state index contributed by atoms with van der Waals surface area (Å²) in [5, 5.41) is 22.9. The fourth-order valence-electron chi connectivity index (χ4n) is 3.87. The first kappa shape index (κ1) is 21.5. The average Bonchev–Trinajstić information content (AvgIpc) is 3.29. The molecule has 0 aliphatic carbocycles. The van der Waals surface area contributed by atoms with Crippen molar-refractivity contribution in [2.45, 2.75) is 33.1 Å². The first-order chi connectivity index (χ1) is 15.3. The Morgan fingerprint density at radius 3 is 2.84 bits per heavy atom. The number of benzene rings is 1. The van der Waals surface area contributed by atoms with E-state index in [1.54, 1.807) is 38.4 Å². The summed E-state index contributed by atoms with van der Waals surface area (Å²) < 4.78 is 8.02. The van der Waals surface area contributed by atoms with Crippen LogP contribution in [-0.2, 0) is 24.9 Å². The second-order valence-electron chi connectivity index (χ2n) is 7.83. The van der Waals surface area contributed by atoms with Gasteiger partial charge in [0.25, 0.3) is 0 Å². The predicted molar refractivity (Wildman–Crippen MR) is 115 cm³/mol. The molecule has 2 N–H and O–H groups in total. The lowest BCUT2D eigenvalue weighted by Crippen LogP contribution is -2.25. The number of nitrogens with zero attached hydrogens (tertiary/aromatic N) is 4. The summed E-state index contributed by atoms with van der Waals surface area (Å²) in [5.74, 6) is 0.110. The number of pyridine rings is 1. The van der Waals surface area contributed by atoms with Crippen LogP contribution in [0.3, 0.4) is 0 Å². The molecule has 0 bridgehead atoms. The smallest absolute Gasteiger partial charge is 0.338 e. The van der Waals surface area contributed by atoms with E-state index in [0.29, 0.717) is 23.5 Å². The van der Waals surface area contributed by atoms with E-state index < -0.39 is 6.10 Å². The zero-order valence-electron chi connectivity index (χ0n) is 18.0. The van der Waals surface area contributed by atoms with Gasteiger partial charge in [-0.3, -0.25) is 9.13 Å². The predicted octanol–water partition coefficient (Wildman–Crippen LogP) is 1.55. The number of carbonyl (C=O) groups is 1. The molecule has 1 aliphatic rings. The van der Waals surface area contributed by atoms with Gasteiger partial charge in [-0.15, -0.1) is 0 Å². The Bertz CT molecular complexity index is 1320. The van der Waals surface area contributed by atoms with Crippen LogP contribution in [0.15, 0.2) is 35.4 Å². The molecule has 1 aromatic carbocycles. The molecule has 3 heterocycles. The minimum Gasteiger partial charge on any atom is -0.457 e. The largest absolute Gasteiger partial charge is 0.457 e. The number of esters is 1. The van der Waals surface area contributed by atoms with Gasteiger partial charge in [-0.25, -0.2) is 14.6 Å². The highest BCUT2D eigenvalue weighted by Crippen LogP contribution is 2.28. The Balaban J connectivity index is 1.47. The normalized spacial score (nSPS) is 13.5. The van der Waals surface area contributed by atoms with Crippen LogP contribution in [0, 0.1) is 25.2 Å². The molecular weight excluding hydrogens is 410 g/mol. The van der Waals surface area contributed by atoms with Crippen LogP contribution in [0.25, 0.3) is 5.82 Å². The highest BCUT2D eigenvalue weighted by atomic mass is 16.5. The number of hydrogen-bond donors (Lipinski definition) is 2. The average molecular weight is 433 g/mol. The van der Waals surface area contributed by atoms with Gasteiger partial charge in [0.1, 0.15) is 18.5 Å². The molecule has 9 nitrogen and oxygen atoms in total. The number of aromatic nitrogens is 3. The van der Waals surface area contributed by atoms with Crippen molar-refractivity contribution in [1.82, 2.24) is 19.4 Å². The number of rotatable bonds is 6. The van der Waals surface area contributed by atoms with Crippen LogP contribution >= 0.6 is 0 Å². The Kier molecular flexibility index (Phi) is 5.65. The third-order valence-electron chi connectivity index (χ3n) is 5.88. The minimum atomic E-state index is -0.780. The first-order valence-corrected chi connectivity index (χ1v) is 10.1. The molecule has 164 valence electrons. The molecule has 2 aromatic heterocycles. The van der Waals surface area contributed by atoms with Crippen LogP contribution in [0.1, 0.15) is 50.0 Å². The molecule has 1 aliphatic heterocycles. The van der Waals surface area contributed by atoms with Gasteiger partial charge < -0.3 is 15.2 Å². The van der Waals surface area contributed by atoms with Crippen molar-refractivity contribution in [2.24, 2.45) is 7.05 Å². The highest BCUT2D eigenvalue weighted by molar-refractivity contribution is 5.93. The van der Waals surface area contributed by atoms with Gasteiger partial charge in [0.15, 0.2) is 0 Å². The number of nitriles is 1. The summed E-state index contributed by atoms with van der Waals surface area (Å²) >= 11 is 0. The summed E-state index contributed by atoms with van der Waals surface area (Å²) in [6, 6.07) is 7.20. The van der Waals surface area contributed by atoms with Gasteiger partial charge in [0, 0.05) is 38.1 Å². The van der Waals surface area contributed by atoms with E-state index in [1.807, 2.05) is 6.92 Å². The monoisotopic (exact) mass is 433 g/mol. The van der Waals surface area contributed by atoms with Crippen molar-refractivity contribution in [2.75, 3.05) is 6.54 Å². The maximum Gasteiger partial charge on any atom is 0.338 e. The van der Waals surface area contributed by atoms with Crippen molar-refractivity contribution >= 4 is 5.97 Å². The van der Waals surface area contributed by atoms with E-state index >= 15 is 0 Å². The topological polar surface area (TPSA) is 122 Å². The number of hydrogen-bond acceptors (Lipinski definition) is 7. The number of imidazole rings is 1. The van der Waals surface area contributed by atoms with Crippen molar-refractivity contribution in [1.29, 1.82) is 5.26 Å². The lowest BCUT2D eigenvalue weighted by Gasteiger charge is -2.16. The summed E-state index contributed by atoms with van der Waals surface area (Å²) in [6.45, 7) is 4.52. The van der Waals surface area contributed by atoms with Crippen LogP contribution in [0.2, 0.25) is 0 Å². The molecule has 4 rings (SSSR count). The third-order valence-corrected chi connectivity index (χ3v) is 5.88. The van der Waals surface area contributed by atoms with Gasteiger partial charge in [-0.1, -0.05) is 6.07 Å². The Labute approximate surface area is 184 Å². The second kappa shape index (κ2) is 8.42. The number of carbonyl (C=O) groups excluding carboxylic acids is 1. The fraction of sp³-hybridized carbons (Fsp3) is 0.304. The fourth-order valence-corrected chi connectivity index (χ4v) is 3.87. The third kappa shape index (κ3) is 3.70. The number of aliphatic hydroxyl groups is 1. The molecule has 32 heavy (non-hydrogen) atoms. The number of ether oxygens (including phenoxy) is 1. The molecule has 1 unspecified atom stereocenters. The van der Waals surface area contributed by atoms with Crippen LogP contribution in [0.4, 0.5) is 0 Å². The van der Waals surface area contributed by atoms with Crippen molar-refractivity contribution < 1.29 is 14.6 Å². The maximum absolute atomic E-state index is 12.7. The van der Waals surface area contributed by atoms with E-state index in [4.69, 9.17) is 10.00 Å². The van der Waals surface area contributed by atoms with E-state index in [1.165, 1.54) is 15.3 Å². The zero-order chi connectivity index (χ0) is 23.0. The Morgan fingerprint density at radius 1 is 1.34 bits per heavy atom. The van der Waals surface area contributed by atoms with Crippen molar-refractivity contribution in [3.05, 3.63) is 80.2 Å². The zero-order valence-corrected chi connectivity index (χ0v) is 18.0. The summed E-state index contributed by atoms with van der Waals surface area (Å²) in [6.07, 6.45) is 2.37. The number of fused-ring (bicyclic) bond motifs is 1.